The van der Waals surface area contributed by atoms with E-state index in [4.69, 9.17) is 0 Å². The summed E-state index contributed by atoms with van der Waals surface area (Å²) >= 11 is 1.60. The van der Waals surface area contributed by atoms with Crippen LogP contribution in [0.1, 0.15) is 27.7 Å². The molecule has 2 N–H and O–H groups in total. The first-order valence-corrected chi connectivity index (χ1v) is 6.82. The molecular formula is C11H22N4OS. The largest absolute Gasteiger partial charge is 0.343 e. The van der Waals surface area contributed by atoms with E-state index in [1.165, 1.54) is 4.57 Å². The van der Waals surface area contributed by atoms with E-state index >= 15 is 0 Å². The lowest BCUT2D eigenvalue weighted by atomic mass is 9.88. The molecule has 0 aliphatic heterocycles. The Morgan fingerprint density at radius 1 is 1.53 bits per heavy atom. The van der Waals surface area contributed by atoms with Gasteiger partial charge < -0.3 is 5.32 Å². The number of hydrogen-bond donors (Lipinski definition) is 2. The van der Waals surface area contributed by atoms with E-state index < -0.39 is 0 Å². The first-order chi connectivity index (χ1) is 7.86. The Morgan fingerprint density at radius 3 is 2.59 bits per heavy atom. The molecule has 1 heterocycles. The van der Waals surface area contributed by atoms with Crippen LogP contribution in [0.15, 0.2) is 9.95 Å². The molecule has 1 atom stereocenters. The highest BCUT2D eigenvalue weighted by Gasteiger charge is 2.24. The van der Waals surface area contributed by atoms with Gasteiger partial charge in [0.1, 0.15) is 0 Å². The highest BCUT2D eigenvalue weighted by atomic mass is 32.2. The molecular weight excluding hydrogens is 236 g/mol. The number of nitrogens with one attached hydrogen (secondary N) is 2. The van der Waals surface area contributed by atoms with Gasteiger partial charge in [0.2, 0.25) is 0 Å². The smallest absolute Gasteiger partial charge is 0.313 e. The van der Waals surface area contributed by atoms with Crippen molar-refractivity contribution in [3.05, 3.63) is 10.5 Å². The molecule has 1 aromatic heterocycles. The van der Waals surface area contributed by atoms with Gasteiger partial charge in [-0.05, 0) is 12.0 Å². The van der Waals surface area contributed by atoms with Crippen LogP contribution >= 0.6 is 11.8 Å². The summed E-state index contributed by atoms with van der Waals surface area (Å²) in [4.78, 5) is 11.2. The number of H-pyrrole nitrogens is 1. The van der Waals surface area contributed by atoms with Gasteiger partial charge in [-0.25, -0.2) is 9.89 Å². The summed E-state index contributed by atoms with van der Waals surface area (Å²) in [5.74, 6) is 0.898. The number of thioether (sulfide) groups is 1. The first kappa shape index (κ1) is 14.3. The van der Waals surface area contributed by atoms with Crippen LogP contribution < -0.4 is 11.0 Å². The molecule has 0 aliphatic rings. The lowest BCUT2D eigenvalue weighted by molar-refractivity contribution is 0.295. The minimum atomic E-state index is -0.164. The van der Waals surface area contributed by atoms with E-state index in [0.29, 0.717) is 6.04 Å². The van der Waals surface area contributed by atoms with Crippen LogP contribution in [0, 0.1) is 5.41 Å². The number of rotatable bonds is 5. The summed E-state index contributed by atoms with van der Waals surface area (Å²) in [5.41, 5.74) is 0.0290. The predicted octanol–water partition coefficient (Wildman–Crippen LogP) is 1.22. The fourth-order valence-electron chi connectivity index (χ4n) is 1.48. The van der Waals surface area contributed by atoms with Crippen LogP contribution in [-0.4, -0.2) is 33.1 Å². The monoisotopic (exact) mass is 258 g/mol. The van der Waals surface area contributed by atoms with Gasteiger partial charge in [0.25, 0.3) is 0 Å². The van der Waals surface area contributed by atoms with Crippen LogP contribution in [0.25, 0.3) is 0 Å². The SMILES string of the molecule is CCNC(CSc1n[nH]c(=O)n1C)C(C)(C)C. The Bertz CT molecular complexity index is 404. The highest BCUT2D eigenvalue weighted by molar-refractivity contribution is 7.99. The molecule has 5 nitrogen and oxygen atoms in total. The Labute approximate surface area is 106 Å². The second-order valence-corrected chi connectivity index (χ2v) is 6.14. The second kappa shape index (κ2) is 5.73. The molecule has 1 aromatic rings. The zero-order valence-corrected chi connectivity index (χ0v) is 12.0. The third-order valence-electron chi connectivity index (χ3n) is 2.71. The quantitative estimate of drug-likeness (QED) is 0.780. The molecule has 0 fully saturated rings. The third kappa shape index (κ3) is 3.89. The minimum Gasteiger partial charge on any atom is -0.313 e. The van der Waals surface area contributed by atoms with E-state index in [1.807, 2.05) is 0 Å². The van der Waals surface area contributed by atoms with Gasteiger partial charge in [0.15, 0.2) is 5.16 Å². The fourth-order valence-corrected chi connectivity index (χ4v) is 2.80. The van der Waals surface area contributed by atoms with Crippen molar-refractivity contribution in [3.63, 3.8) is 0 Å². The van der Waals surface area contributed by atoms with E-state index in [-0.39, 0.29) is 11.1 Å². The molecule has 0 spiro atoms. The summed E-state index contributed by atoms with van der Waals surface area (Å²) in [5, 5.41) is 10.6. The van der Waals surface area contributed by atoms with Gasteiger partial charge in [-0.3, -0.25) is 4.57 Å². The summed E-state index contributed by atoms with van der Waals surface area (Å²) < 4.78 is 1.54. The Morgan fingerprint density at radius 2 is 2.18 bits per heavy atom. The van der Waals surface area contributed by atoms with Crippen molar-refractivity contribution < 1.29 is 0 Å². The van der Waals surface area contributed by atoms with Crippen molar-refractivity contribution in [3.8, 4) is 0 Å². The third-order valence-corrected chi connectivity index (χ3v) is 3.84. The van der Waals surface area contributed by atoms with Crippen molar-refractivity contribution in [1.82, 2.24) is 20.1 Å². The summed E-state index contributed by atoms with van der Waals surface area (Å²) in [7, 11) is 1.73. The number of hydrogen-bond acceptors (Lipinski definition) is 4. The molecule has 0 bridgehead atoms. The molecule has 17 heavy (non-hydrogen) atoms. The fraction of sp³-hybridized carbons (Fsp3) is 0.818. The molecule has 1 unspecified atom stereocenters. The van der Waals surface area contributed by atoms with Crippen LogP contribution in [0.2, 0.25) is 0 Å². The van der Waals surface area contributed by atoms with E-state index in [9.17, 15) is 4.79 Å². The summed E-state index contributed by atoms with van der Waals surface area (Å²) in [6.07, 6.45) is 0. The normalized spacial score (nSPS) is 13.9. The van der Waals surface area contributed by atoms with Gasteiger partial charge in [0.05, 0.1) is 0 Å². The highest BCUT2D eigenvalue weighted by Crippen LogP contribution is 2.24. The van der Waals surface area contributed by atoms with Crippen molar-refractivity contribution in [2.45, 2.75) is 38.9 Å². The maximum atomic E-state index is 11.2. The molecule has 0 amide bonds. The van der Waals surface area contributed by atoms with Crippen molar-refractivity contribution in [2.24, 2.45) is 12.5 Å². The van der Waals surface area contributed by atoms with Crippen LogP contribution in [0.5, 0.6) is 0 Å². The molecule has 0 saturated heterocycles. The standard InChI is InChI=1S/C11H22N4OS/c1-6-12-8(11(2,3)4)7-17-10-14-13-9(16)15(10)5/h8,12H,6-7H2,1-5H3,(H,13,16). The molecule has 0 aliphatic carbocycles. The first-order valence-electron chi connectivity index (χ1n) is 5.83. The van der Waals surface area contributed by atoms with Crippen LogP contribution in [0.3, 0.4) is 0 Å². The second-order valence-electron chi connectivity index (χ2n) is 5.16. The Balaban J connectivity index is 2.64. The zero-order valence-electron chi connectivity index (χ0n) is 11.2. The summed E-state index contributed by atoms with van der Waals surface area (Å²) in [6.45, 7) is 9.69. The predicted molar refractivity (Wildman–Crippen MR) is 71.5 cm³/mol. The molecule has 6 heteroatoms. The summed E-state index contributed by atoms with van der Waals surface area (Å²) in [6, 6.07) is 0.393. The maximum Gasteiger partial charge on any atom is 0.343 e. The zero-order chi connectivity index (χ0) is 13.1. The average Bonchev–Trinajstić information content (AvgIpc) is 2.53. The minimum absolute atomic E-state index is 0.164. The van der Waals surface area contributed by atoms with Gasteiger partial charge in [-0.15, -0.1) is 5.10 Å². The van der Waals surface area contributed by atoms with Gasteiger partial charge in [0, 0.05) is 18.8 Å². The van der Waals surface area contributed by atoms with Crippen molar-refractivity contribution in [2.75, 3.05) is 12.3 Å². The van der Waals surface area contributed by atoms with Crippen molar-refractivity contribution >= 4 is 11.8 Å². The number of nitrogens with zero attached hydrogens (tertiary/aromatic N) is 2. The molecule has 0 saturated carbocycles. The number of aromatic nitrogens is 3. The van der Waals surface area contributed by atoms with Gasteiger partial charge in [-0.1, -0.05) is 39.5 Å². The number of aromatic amines is 1. The van der Waals surface area contributed by atoms with E-state index in [0.717, 1.165) is 17.5 Å². The van der Waals surface area contributed by atoms with E-state index in [1.54, 1.807) is 18.8 Å². The lowest BCUT2D eigenvalue weighted by Crippen LogP contribution is -2.42. The average molecular weight is 258 g/mol. The van der Waals surface area contributed by atoms with Gasteiger partial charge in [-0.2, -0.15) is 0 Å². The van der Waals surface area contributed by atoms with Crippen molar-refractivity contribution in [1.29, 1.82) is 0 Å². The molecule has 0 radical (unpaired) electrons. The van der Waals surface area contributed by atoms with Crippen LogP contribution in [-0.2, 0) is 7.05 Å². The topological polar surface area (TPSA) is 62.7 Å². The Hall–Kier alpha value is -0.750. The van der Waals surface area contributed by atoms with Gasteiger partial charge >= 0.3 is 5.69 Å². The molecule has 1 rings (SSSR count). The van der Waals surface area contributed by atoms with E-state index in [2.05, 4.69) is 43.2 Å². The van der Waals surface area contributed by atoms with Crippen LogP contribution in [0.4, 0.5) is 0 Å². The Kier molecular flexibility index (Phi) is 4.82. The molecule has 0 aromatic carbocycles. The molecule has 98 valence electrons. The maximum absolute atomic E-state index is 11.2. The lowest BCUT2D eigenvalue weighted by Gasteiger charge is -2.30.